The lowest BCUT2D eigenvalue weighted by Crippen LogP contribution is -2.03. The molecule has 2 N–H and O–H groups in total. The first-order valence-electron chi connectivity index (χ1n) is 5.87. The maximum absolute atomic E-state index is 13.6. The fraction of sp³-hybridized carbons (Fsp3) is 0.0714. The van der Waals surface area contributed by atoms with Gasteiger partial charge < -0.3 is 5.73 Å². The molecule has 20 heavy (non-hydrogen) atoms. The van der Waals surface area contributed by atoms with Crippen molar-refractivity contribution in [3.8, 4) is 5.69 Å². The van der Waals surface area contributed by atoms with Crippen LogP contribution in [-0.4, -0.2) is 9.55 Å². The number of anilines is 1. The Bertz CT molecular complexity index is 827. The molecule has 0 aliphatic heterocycles. The van der Waals surface area contributed by atoms with Gasteiger partial charge in [-0.1, -0.05) is 15.9 Å². The van der Waals surface area contributed by atoms with E-state index in [4.69, 9.17) is 5.73 Å². The highest BCUT2D eigenvalue weighted by Crippen LogP contribution is 2.30. The van der Waals surface area contributed by atoms with Crippen molar-refractivity contribution in [3.63, 3.8) is 0 Å². The van der Waals surface area contributed by atoms with Crippen LogP contribution >= 0.6 is 31.9 Å². The van der Waals surface area contributed by atoms with Crippen molar-refractivity contribution in [2.45, 2.75) is 6.92 Å². The Hall–Kier alpha value is -1.40. The van der Waals surface area contributed by atoms with E-state index < -0.39 is 0 Å². The molecule has 0 amide bonds. The summed E-state index contributed by atoms with van der Waals surface area (Å²) < 4.78 is 16.7. The highest BCUT2D eigenvalue weighted by atomic mass is 79.9. The Morgan fingerprint density at radius 1 is 1.20 bits per heavy atom. The van der Waals surface area contributed by atoms with Gasteiger partial charge in [0.05, 0.1) is 21.2 Å². The first-order chi connectivity index (χ1) is 9.47. The van der Waals surface area contributed by atoms with Crippen molar-refractivity contribution < 1.29 is 4.39 Å². The SMILES string of the molecule is Cc1cc(F)c(Br)cc1-n1c(N)nc2ccc(Br)cc21. The molecule has 0 radical (unpaired) electrons. The summed E-state index contributed by atoms with van der Waals surface area (Å²) in [7, 11) is 0. The van der Waals surface area contributed by atoms with Crippen molar-refractivity contribution in [2.75, 3.05) is 5.73 Å². The Morgan fingerprint density at radius 2 is 1.95 bits per heavy atom. The zero-order valence-corrected chi connectivity index (χ0v) is 13.7. The van der Waals surface area contributed by atoms with Crippen LogP contribution in [0.1, 0.15) is 5.56 Å². The largest absolute Gasteiger partial charge is 0.369 e. The summed E-state index contributed by atoms with van der Waals surface area (Å²) >= 11 is 6.65. The Balaban J connectivity index is 2.37. The summed E-state index contributed by atoms with van der Waals surface area (Å²) in [6.07, 6.45) is 0. The number of halogens is 3. The van der Waals surface area contributed by atoms with Gasteiger partial charge in [0.25, 0.3) is 0 Å². The van der Waals surface area contributed by atoms with Crippen LogP contribution in [0, 0.1) is 12.7 Å². The summed E-state index contributed by atoms with van der Waals surface area (Å²) in [5.41, 5.74) is 9.28. The van der Waals surface area contributed by atoms with Crippen molar-refractivity contribution in [3.05, 3.63) is 50.7 Å². The van der Waals surface area contributed by atoms with Gasteiger partial charge in [0.15, 0.2) is 0 Å². The number of hydrogen-bond acceptors (Lipinski definition) is 2. The monoisotopic (exact) mass is 397 g/mol. The molecule has 0 unspecified atom stereocenters. The number of nitrogens with zero attached hydrogens (tertiary/aromatic N) is 2. The lowest BCUT2D eigenvalue weighted by molar-refractivity contribution is 0.619. The molecule has 0 saturated heterocycles. The highest BCUT2D eigenvalue weighted by Gasteiger charge is 2.14. The Labute approximate surface area is 131 Å². The molecule has 0 fully saturated rings. The van der Waals surface area contributed by atoms with E-state index in [0.717, 1.165) is 26.8 Å². The first kappa shape index (κ1) is 13.6. The van der Waals surface area contributed by atoms with E-state index in [2.05, 4.69) is 36.8 Å². The predicted octanol–water partition coefficient (Wildman–Crippen LogP) is 4.58. The summed E-state index contributed by atoms with van der Waals surface area (Å²) in [4.78, 5) is 4.33. The van der Waals surface area contributed by atoms with E-state index in [0.29, 0.717) is 10.4 Å². The average Bonchev–Trinajstić information content (AvgIpc) is 2.69. The molecule has 0 saturated carbocycles. The number of imidazole rings is 1. The van der Waals surface area contributed by atoms with Crippen molar-refractivity contribution in [2.24, 2.45) is 0 Å². The highest BCUT2D eigenvalue weighted by molar-refractivity contribution is 9.10. The maximum Gasteiger partial charge on any atom is 0.205 e. The van der Waals surface area contributed by atoms with Gasteiger partial charge >= 0.3 is 0 Å². The fourth-order valence-electron chi connectivity index (χ4n) is 2.20. The number of aromatic nitrogens is 2. The minimum Gasteiger partial charge on any atom is -0.369 e. The molecule has 3 rings (SSSR count). The molecule has 1 heterocycles. The molecule has 102 valence electrons. The number of rotatable bonds is 1. The van der Waals surface area contributed by atoms with E-state index in [9.17, 15) is 4.39 Å². The van der Waals surface area contributed by atoms with Gasteiger partial charge in [-0.25, -0.2) is 9.37 Å². The normalized spacial score (nSPS) is 11.2. The zero-order valence-electron chi connectivity index (χ0n) is 10.5. The third-order valence-electron chi connectivity index (χ3n) is 3.12. The van der Waals surface area contributed by atoms with Crippen molar-refractivity contribution >= 4 is 48.8 Å². The van der Waals surface area contributed by atoms with Crippen LogP contribution in [0.5, 0.6) is 0 Å². The second-order valence-electron chi connectivity index (χ2n) is 4.49. The summed E-state index contributed by atoms with van der Waals surface area (Å²) in [6, 6.07) is 8.92. The molecule has 0 spiro atoms. The molecule has 6 heteroatoms. The molecule has 0 atom stereocenters. The Morgan fingerprint density at radius 3 is 2.70 bits per heavy atom. The smallest absolute Gasteiger partial charge is 0.205 e. The zero-order chi connectivity index (χ0) is 14.4. The molecule has 1 aromatic heterocycles. The van der Waals surface area contributed by atoms with E-state index in [-0.39, 0.29) is 5.82 Å². The molecule has 0 aliphatic rings. The fourth-order valence-corrected chi connectivity index (χ4v) is 2.88. The van der Waals surface area contributed by atoms with Crippen LogP contribution in [0.2, 0.25) is 0 Å². The first-order valence-corrected chi connectivity index (χ1v) is 7.45. The number of nitrogen functional groups attached to an aromatic ring is 1. The van der Waals surface area contributed by atoms with Crippen LogP contribution in [0.15, 0.2) is 39.3 Å². The molecule has 2 aromatic carbocycles. The quantitative estimate of drug-likeness (QED) is 0.651. The Kier molecular flexibility index (Phi) is 3.30. The van der Waals surface area contributed by atoms with Crippen molar-refractivity contribution in [1.82, 2.24) is 9.55 Å². The second kappa shape index (κ2) is 4.86. The third kappa shape index (κ3) is 2.13. The number of benzene rings is 2. The van der Waals surface area contributed by atoms with Crippen LogP contribution in [0.3, 0.4) is 0 Å². The minimum atomic E-state index is -0.296. The van der Waals surface area contributed by atoms with Gasteiger partial charge in [0.1, 0.15) is 5.82 Å². The van der Waals surface area contributed by atoms with Gasteiger partial charge in [-0.2, -0.15) is 0 Å². The van der Waals surface area contributed by atoms with E-state index in [1.165, 1.54) is 6.07 Å². The standard InChI is InChI=1S/C14H10Br2FN3/c1-7-4-10(17)9(16)6-12(7)20-13-5-8(15)2-3-11(13)19-14(20)18/h2-6H,1H3,(H2,18,19). The molecule has 3 nitrogen and oxygen atoms in total. The summed E-state index contributed by atoms with van der Waals surface area (Å²) in [5.74, 6) is 0.0788. The van der Waals surface area contributed by atoms with E-state index in [1.807, 2.05) is 29.7 Å². The third-order valence-corrected chi connectivity index (χ3v) is 4.22. The van der Waals surface area contributed by atoms with Crippen LogP contribution < -0.4 is 5.73 Å². The summed E-state index contributed by atoms with van der Waals surface area (Å²) in [6.45, 7) is 1.84. The van der Waals surface area contributed by atoms with Gasteiger partial charge in [-0.05, 0) is 58.7 Å². The van der Waals surface area contributed by atoms with Gasteiger partial charge in [0.2, 0.25) is 5.95 Å². The van der Waals surface area contributed by atoms with E-state index >= 15 is 0 Å². The molecular weight excluding hydrogens is 389 g/mol. The summed E-state index contributed by atoms with van der Waals surface area (Å²) in [5, 5.41) is 0. The lowest BCUT2D eigenvalue weighted by Gasteiger charge is -2.11. The number of hydrogen-bond donors (Lipinski definition) is 1. The van der Waals surface area contributed by atoms with Crippen LogP contribution in [0.25, 0.3) is 16.7 Å². The van der Waals surface area contributed by atoms with Crippen LogP contribution in [0.4, 0.5) is 10.3 Å². The average molecular weight is 399 g/mol. The minimum absolute atomic E-state index is 0.296. The maximum atomic E-state index is 13.6. The van der Waals surface area contributed by atoms with Gasteiger partial charge in [-0.3, -0.25) is 4.57 Å². The topological polar surface area (TPSA) is 43.8 Å². The van der Waals surface area contributed by atoms with Gasteiger partial charge in [0, 0.05) is 4.47 Å². The van der Waals surface area contributed by atoms with E-state index in [1.54, 1.807) is 6.07 Å². The predicted molar refractivity (Wildman–Crippen MR) is 85.6 cm³/mol. The molecule has 0 aliphatic carbocycles. The van der Waals surface area contributed by atoms with Gasteiger partial charge in [-0.15, -0.1) is 0 Å². The van der Waals surface area contributed by atoms with Crippen LogP contribution in [-0.2, 0) is 0 Å². The number of nitrogens with two attached hydrogens (primary N) is 1. The number of aryl methyl sites for hydroxylation is 1. The molecule has 3 aromatic rings. The lowest BCUT2D eigenvalue weighted by atomic mass is 10.2. The van der Waals surface area contributed by atoms with Crippen molar-refractivity contribution in [1.29, 1.82) is 0 Å². The molecular formula is C14H10Br2FN3. The molecule has 0 bridgehead atoms. The number of fused-ring (bicyclic) bond motifs is 1. The second-order valence-corrected chi connectivity index (χ2v) is 6.26.